The third-order valence-electron chi connectivity index (χ3n) is 6.75. The fourth-order valence-corrected chi connectivity index (χ4v) is 4.98. The molecule has 7 nitrogen and oxygen atoms in total. The van der Waals surface area contributed by atoms with Crippen LogP contribution in [0.5, 0.6) is 0 Å². The molecule has 1 atom stereocenters. The van der Waals surface area contributed by atoms with Gasteiger partial charge in [0.05, 0.1) is 0 Å². The second-order valence-corrected chi connectivity index (χ2v) is 9.80. The molecule has 0 spiro atoms. The molecule has 8 heteroatoms. The van der Waals surface area contributed by atoms with Crippen LogP contribution in [0.2, 0.25) is 0 Å². The number of nitrogens with one attached hydrogen (secondary N) is 1. The second kappa shape index (κ2) is 8.31. The molecule has 0 aromatic heterocycles. The predicted octanol–water partition coefficient (Wildman–Crippen LogP) is 1.78. The minimum absolute atomic E-state index is 0.0820. The lowest BCUT2D eigenvalue weighted by atomic mass is 9.86. The van der Waals surface area contributed by atoms with Gasteiger partial charge in [-0.1, -0.05) is 19.9 Å². The van der Waals surface area contributed by atoms with Crippen LogP contribution in [0.25, 0.3) is 0 Å². The molecular formula is C23H30FN3O4. The summed E-state index contributed by atoms with van der Waals surface area (Å²) < 4.78 is 15.0. The predicted molar refractivity (Wildman–Crippen MR) is 112 cm³/mol. The van der Waals surface area contributed by atoms with E-state index >= 15 is 0 Å². The van der Waals surface area contributed by atoms with Gasteiger partial charge in [0, 0.05) is 37.1 Å². The maximum atomic E-state index is 15.0. The zero-order valence-electron chi connectivity index (χ0n) is 18.1. The minimum Gasteiger partial charge on any atom is -0.396 e. The van der Waals surface area contributed by atoms with E-state index in [9.17, 15) is 23.9 Å². The number of likely N-dealkylation sites (tertiary alicyclic amines) is 1. The molecule has 2 fully saturated rings. The van der Waals surface area contributed by atoms with Crippen molar-refractivity contribution in [2.24, 2.45) is 5.41 Å². The molecule has 1 aromatic rings. The highest BCUT2D eigenvalue weighted by Gasteiger charge is 2.40. The number of nitrogens with zero attached hydrogens (tertiary/aromatic N) is 2. The molecule has 168 valence electrons. The van der Waals surface area contributed by atoms with Gasteiger partial charge in [-0.15, -0.1) is 0 Å². The Balaban J connectivity index is 1.46. The molecule has 0 aliphatic carbocycles. The molecule has 0 radical (unpaired) electrons. The van der Waals surface area contributed by atoms with Crippen LogP contribution in [-0.4, -0.2) is 64.9 Å². The molecule has 4 rings (SSSR count). The summed E-state index contributed by atoms with van der Waals surface area (Å²) in [5, 5.41) is 11.8. The van der Waals surface area contributed by atoms with Crippen LogP contribution in [0.15, 0.2) is 12.1 Å². The average Bonchev–Trinajstić information content (AvgIpc) is 3.03. The van der Waals surface area contributed by atoms with Crippen molar-refractivity contribution >= 4 is 17.7 Å². The van der Waals surface area contributed by atoms with Crippen molar-refractivity contribution in [3.05, 3.63) is 34.6 Å². The maximum absolute atomic E-state index is 15.0. The molecule has 3 aliphatic heterocycles. The van der Waals surface area contributed by atoms with Gasteiger partial charge in [0.15, 0.2) is 0 Å². The van der Waals surface area contributed by atoms with E-state index in [1.165, 1.54) is 11.0 Å². The Morgan fingerprint density at radius 3 is 2.52 bits per heavy atom. The van der Waals surface area contributed by atoms with Crippen molar-refractivity contribution < 1.29 is 23.9 Å². The fraction of sp³-hybridized carbons (Fsp3) is 0.609. The van der Waals surface area contributed by atoms with E-state index in [2.05, 4.69) is 10.2 Å². The van der Waals surface area contributed by atoms with Crippen molar-refractivity contribution in [2.75, 3.05) is 26.2 Å². The largest absolute Gasteiger partial charge is 0.396 e. The third-order valence-corrected chi connectivity index (χ3v) is 6.75. The number of carbonyl (C=O) groups is 3. The van der Waals surface area contributed by atoms with Gasteiger partial charge in [-0.05, 0) is 55.5 Å². The zero-order valence-corrected chi connectivity index (χ0v) is 18.1. The van der Waals surface area contributed by atoms with Gasteiger partial charge in [0.2, 0.25) is 11.8 Å². The van der Waals surface area contributed by atoms with E-state index in [1.807, 2.05) is 13.8 Å². The Morgan fingerprint density at radius 2 is 1.87 bits per heavy atom. The number of amides is 3. The number of fused-ring (bicyclic) bond motifs is 1. The molecule has 0 saturated carbocycles. The second-order valence-electron chi connectivity index (χ2n) is 9.80. The fourth-order valence-electron chi connectivity index (χ4n) is 4.98. The summed E-state index contributed by atoms with van der Waals surface area (Å²) in [6, 6.07) is 2.43. The van der Waals surface area contributed by atoms with Crippen LogP contribution in [-0.2, 0) is 16.1 Å². The summed E-state index contributed by atoms with van der Waals surface area (Å²) in [5.74, 6) is -1.43. The Morgan fingerprint density at radius 1 is 1.16 bits per heavy atom. The molecule has 3 heterocycles. The van der Waals surface area contributed by atoms with Crippen molar-refractivity contribution in [1.82, 2.24) is 15.1 Å². The van der Waals surface area contributed by atoms with E-state index in [1.54, 1.807) is 6.07 Å². The molecule has 0 bridgehead atoms. The molecule has 1 unspecified atom stereocenters. The maximum Gasteiger partial charge on any atom is 0.255 e. The first-order valence-corrected chi connectivity index (χ1v) is 11.0. The summed E-state index contributed by atoms with van der Waals surface area (Å²) in [5.41, 5.74) is 1.53. The minimum atomic E-state index is -0.692. The SMILES string of the molecule is CC(C)(CO)CN1CCC(c2cc3c(cc2F)C(=O)N(C2CCC(=O)NC2=O)C3)CC1. The molecule has 2 saturated heterocycles. The monoisotopic (exact) mass is 431 g/mol. The van der Waals surface area contributed by atoms with Gasteiger partial charge in [-0.25, -0.2) is 4.39 Å². The summed E-state index contributed by atoms with van der Waals surface area (Å²) in [6.45, 7) is 6.94. The van der Waals surface area contributed by atoms with Crippen molar-refractivity contribution in [1.29, 1.82) is 0 Å². The standard InChI is InChI=1S/C23H30FN3O4/c1-23(2,13-28)12-26-7-5-14(6-8-26)16-9-15-11-27(22(31)17(15)10-18(16)24)19-3-4-20(29)25-21(19)30/h9-10,14,19,28H,3-8,11-13H2,1-2H3,(H,25,29,30). The van der Waals surface area contributed by atoms with Crippen LogP contribution in [0, 0.1) is 11.2 Å². The van der Waals surface area contributed by atoms with Crippen molar-refractivity contribution in [3.63, 3.8) is 0 Å². The first kappa shape index (κ1) is 21.9. The molecule has 2 N–H and O–H groups in total. The van der Waals surface area contributed by atoms with Gasteiger partial charge < -0.3 is 14.9 Å². The van der Waals surface area contributed by atoms with Gasteiger partial charge in [-0.3, -0.25) is 19.7 Å². The van der Waals surface area contributed by atoms with Crippen molar-refractivity contribution in [3.8, 4) is 0 Å². The lowest BCUT2D eigenvalue weighted by Gasteiger charge is -2.37. The Kier molecular flexibility index (Phi) is 5.87. The first-order valence-electron chi connectivity index (χ1n) is 11.0. The first-order chi connectivity index (χ1) is 14.7. The molecule has 3 amide bonds. The number of benzene rings is 1. The van der Waals surface area contributed by atoms with E-state index in [0.717, 1.165) is 38.0 Å². The van der Waals surface area contributed by atoms with Crippen LogP contribution < -0.4 is 5.32 Å². The zero-order chi connectivity index (χ0) is 22.3. The Hall–Kier alpha value is -2.32. The van der Waals surface area contributed by atoms with E-state index < -0.39 is 11.9 Å². The highest BCUT2D eigenvalue weighted by Crippen LogP contribution is 2.36. The van der Waals surface area contributed by atoms with Gasteiger partial charge >= 0.3 is 0 Å². The smallest absolute Gasteiger partial charge is 0.255 e. The number of rotatable bonds is 5. The number of piperidine rings is 2. The summed E-state index contributed by atoms with van der Waals surface area (Å²) >= 11 is 0. The molecular weight excluding hydrogens is 401 g/mol. The highest BCUT2D eigenvalue weighted by molar-refractivity contribution is 6.05. The van der Waals surface area contributed by atoms with Crippen LogP contribution in [0.4, 0.5) is 4.39 Å². The van der Waals surface area contributed by atoms with Gasteiger partial charge in [0.1, 0.15) is 11.9 Å². The normalized spacial score (nSPS) is 23.3. The third kappa shape index (κ3) is 4.36. The van der Waals surface area contributed by atoms with Crippen LogP contribution >= 0.6 is 0 Å². The number of imide groups is 1. The number of halogens is 1. The summed E-state index contributed by atoms with van der Waals surface area (Å²) in [7, 11) is 0. The number of hydrogen-bond donors (Lipinski definition) is 2. The molecule has 31 heavy (non-hydrogen) atoms. The lowest BCUT2D eigenvalue weighted by molar-refractivity contribution is -0.136. The number of hydrogen-bond acceptors (Lipinski definition) is 5. The number of aliphatic hydroxyl groups is 1. The topological polar surface area (TPSA) is 89.9 Å². The molecule has 3 aliphatic rings. The lowest BCUT2D eigenvalue weighted by Crippen LogP contribution is -2.52. The Labute approximate surface area is 181 Å². The Bertz CT molecular complexity index is 908. The summed E-state index contributed by atoms with van der Waals surface area (Å²) in [4.78, 5) is 40.2. The quantitative estimate of drug-likeness (QED) is 0.694. The molecule has 1 aromatic carbocycles. The van der Waals surface area contributed by atoms with Gasteiger partial charge in [-0.2, -0.15) is 0 Å². The summed E-state index contributed by atoms with van der Waals surface area (Å²) in [6.07, 6.45) is 2.13. The van der Waals surface area contributed by atoms with E-state index in [-0.39, 0.29) is 48.5 Å². The highest BCUT2D eigenvalue weighted by atomic mass is 19.1. The van der Waals surface area contributed by atoms with Crippen LogP contribution in [0.1, 0.15) is 66.9 Å². The average molecular weight is 432 g/mol. The number of aliphatic hydroxyl groups excluding tert-OH is 1. The van der Waals surface area contributed by atoms with Crippen molar-refractivity contribution in [2.45, 2.75) is 58.0 Å². The van der Waals surface area contributed by atoms with E-state index in [4.69, 9.17) is 0 Å². The van der Waals surface area contributed by atoms with Gasteiger partial charge in [0.25, 0.3) is 5.91 Å². The van der Waals surface area contributed by atoms with Crippen LogP contribution in [0.3, 0.4) is 0 Å². The number of carbonyl (C=O) groups excluding carboxylic acids is 3. The van der Waals surface area contributed by atoms with E-state index in [0.29, 0.717) is 17.5 Å².